The lowest BCUT2D eigenvalue weighted by Gasteiger charge is -2.15. The summed E-state index contributed by atoms with van der Waals surface area (Å²) in [5.74, 6) is 5.36. The van der Waals surface area contributed by atoms with E-state index in [1.807, 2.05) is 0 Å². The summed E-state index contributed by atoms with van der Waals surface area (Å²) in [7, 11) is 0. The van der Waals surface area contributed by atoms with Gasteiger partial charge in [0.15, 0.2) is 0 Å². The fraction of sp³-hybridized carbons (Fsp3) is 0.333. The minimum absolute atomic E-state index is 0.0128. The highest BCUT2D eigenvalue weighted by Gasteiger charge is 2.22. The molecule has 1 aliphatic rings. The van der Waals surface area contributed by atoms with Gasteiger partial charge in [0.2, 0.25) is 11.8 Å². The molecule has 3 N–H and O–H groups in total. The van der Waals surface area contributed by atoms with Gasteiger partial charge in [-0.15, -0.1) is 0 Å². The molecule has 0 spiro atoms. The van der Waals surface area contributed by atoms with Crippen molar-refractivity contribution in [2.75, 3.05) is 25.0 Å². The van der Waals surface area contributed by atoms with Gasteiger partial charge < -0.3 is 16.0 Å². The van der Waals surface area contributed by atoms with Crippen LogP contribution in [-0.2, 0) is 9.59 Å². The molecular weight excluding hydrogens is 290 g/mol. The molecule has 1 aromatic rings. The summed E-state index contributed by atoms with van der Waals surface area (Å²) in [6, 6.07) is 5.11. The van der Waals surface area contributed by atoms with Crippen LogP contribution in [0.15, 0.2) is 18.2 Å². The summed E-state index contributed by atoms with van der Waals surface area (Å²) in [5.41, 5.74) is 6.53. The molecule has 1 saturated heterocycles. The van der Waals surface area contributed by atoms with Crippen molar-refractivity contribution in [1.82, 2.24) is 4.90 Å². The number of hydrogen-bond donors (Lipinski definition) is 2. The first kappa shape index (κ1) is 15.4. The molecule has 1 aromatic carbocycles. The van der Waals surface area contributed by atoms with Crippen LogP contribution in [-0.4, -0.2) is 36.3 Å². The number of benzene rings is 1. The van der Waals surface area contributed by atoms with E-state index in [9.17, 15) is 9.59 Å². The average Bonchev–Trinajstić information content (AvgIpc) is 2.85. The van der Waals surface area contributed by atoms with Crippen LogP contribution in [0.25, 0.3) is 0 Å². The third kappa shape index (κ3) is 4.22. The molecule has 0 atom stereocenters. The molecule has 5 nitrogen and oxygen atoms in total. The zero-order valence-corrected chi connectivity index (χ0v) is 12.2. The van der Waals surface area contributed by atoms with Gasteiger partial charge in [-0.3, -0.25) is 9.59 Å². The first-order valence-electron chi connectivity index (χ1n) is 6.66. The summed E-state index contributed by atoms with van der Waals surface area (Å²) >= 11 is 6.05. The van der Waals surface area contributed by atoms with E-state index in [4.69, 9.17) is 17.3 Å². The third-order valence-electron chi connectivity index (χ3n) is 3.08. The molecule has 0 aromatic heterocycles. The van der Waals surface area contributed by atoms with Crippen molar-refractivity contribution >= 4 is 29.1 Å². The lowest BCUT2D eigenvalue weighted by Crippen LogP contribution is -2.34. The van der Waals surface area contributed by atoms with Gasteiger partial charge in [-0.05, 0) is 24.6 Å². The molecule has 0 radical (unpaired) electrons. The van der Waals surface area contributed by atoms with Crippen LogP contribution in [0.1, 0.15) is 18.4 Å². The smallest absolute Gasteiger partial charge is 0.244 e. The molecule has 0 bridgehead atoms. The number of rotatable bonds is 3. The van der Waals surface area contributed by atoms with Gasteiger partial charge in [-0.2, -0.15) is 0 Å². The lowest BCUT2D eigenvalue weighted by molar-refractivity contribution is -0.131. The number of nitrogens with one attached hydrogen (secondary N) is 1. The topological polar surface area (TPSA) is 75.4 Å². The normalized spacial score (nSPS) is 13.8. The lowest BCUT2D eigenvalue weighted by atomic mass is 10.2. The SMILES string of the molecule is NCC#Cc1ccc(Cl)c(NC(=O)CN2CCCC2=O)c1. The minimum atomic E-state index is -0.268. The van der Waals surface area contributed by atoms with E-state index < -0.39 is 0 Å². The average molecular weight is 306 g/mol. The molecule has 110 valence electrons. The number of likely N-dealkylation sites (tertiary alicyclic amines) is 1. The number of carbonyl (C=O) groups is 2. The van der Waals surface area contributed by atoms with Crippen LogP contribution in [0.2, 0.25) is 5.02 Å². The molecule has 0 aliphatic carbocycles. The summed E-state index contributed by atoms with van der Waals surface area (Å²) in [4.78, 5) is 25.0. The van der Waals surface area contributed by atoms with Crippen LogP contribution < -0.4 is 11.1 Å². The number of hydrogen-bond acceptors (Lipinski definition) is 3. The van der Waals surface area contributed by atoms with E-state index in [-0.39, 0.29) is 24.9 Å². The third-order valence-corrected chi connectivity index (χ3v) is 3.41. The monoisotopic (exact) mass is 305 g/mol. The molecule has 1 fully saturated rings. The van der Waals surface area contributed by atoms with Gasteiger partial charge in [0.1, 0.15) is 0 Å². The van der Waals surface area contributed by atoms with Crippen molar-refractivity contribution in [3.8, 4) is 11.8 Å². The highest BCUT2D eigenvalue weighted by Crippen LogP contribution is 2.23. The molecule has 1 aliphatic heterocycles. The van der Waals surface area contributed by atoms with Gasteiger partial charge in [0.05, 0.1) is 23.8 Å². The van der Waals surface area contributed by atoms with Crippen molar-refractivity contribution in [2.24, 2.45) is 5.73 Å². The van der Waals surface area contributed by atoms with Crippen molar-refractivity contribution in [2.45, 2.75) is 12.8 Å². The number of nitrogens with two attached hydrogens (primary N) is 1. The predicted molar refractivity (Wildman–Crippen MR) is 81.8 cm³/mol. The van der Waals surface area contributed by atoms with Crippen LogP contribution in [0, 0.1) is 11.8 Å². The number of carbonyl (C=O) groups excluding carboxylic acids is 2. The Hall–Kier alpha value is -2.03. The summed E-state index contributed by atoms with van der Waals surface area (Å²) in [5, 5.41) is 3.14. The molecule has 21 heavy (non-hydrogen) atoms. The Balaban J connectivity index is 2.04. The molecular formula is C15H16ClN3O2. The van der Waals surface area contributed by atoms with E-state index >= 15 is 0 Å². The number of halogens is 1. The quantitative estimate of drug-likeness (QED) is 0.824. The first-order chi connectivity index (χ1) is 10.1. The minimum Gasteiger partial charge on any atom is -0.333 e. The van der Waals surface area contributed by atoms with Crippen LogP contribution in [0.4, 0.5) is 5.69 Å². The molecule has 1 heterocycles. The number of amides is 2. The van der Waals surface area contributed by atoms with Crippen molar-refractivity contribution in [3.05, 3.63) is 28.8 Å². The fourth-order valence-electron chi connectivity index (χ4n) is 2.09. The van der Waals surface area contributed by atoms with E-state index in [0.29, 0.717) is 23.7 Å². The number of anilines is 1. The van der Waals surface area contributed by atoms with E-state index in [2.05, 4.69) is 17.2 Å². The Morgan fingerprint density at radius 1 is 1.48 bits per heavy atom. The standard InChI is InChI=1S/C15H16ClN3O2/c16-12-6-5-11(3-1-7-17)9-13(12)18-14(20)10-19-8-2-4-15(19)21/h5-6,9H,2,4,7-8,10,17H2,(H,18,20). The van der Waals surface area contributed by atoms with Crippen LogP contribution >= 0.6 is 11.6 Å². The second-order valence-corrected chi connectivity index (χ2v) is 5.07. The molecule has 2 amide bonds. The van der Waals surface area contributed by atoms with E-state index in [0.717, 1.165) is 12.0 Å². The largest absolute Gasteiger partial charge is 0.333 e. The Morgan fingerprint density at radius 2 is 2.29 bits per heavy atom. The Labute approximate surface area is 128 Å². The van der Waals surface area contributed by atoms with Gasteiger partial charge >= 0.3 is 0 Å². The highest BCUT2D eigenvalue weighted by molar-refractivity contribution is 6.33. The van der Waals surface area contributed by atoms with Gasteiger partial charge in [0, 0.05) is 18.5 Å². The van der Waals surface area contributed by atoms with Gasteiger partial charge in [-0.1, -0.05) is 23.4 Å². The zero-order chi connectivity index (χ0) is 15.2. The summed E-state index contributed by atoms with van der Waals surface area (Å²) < 4.78 is 0. The second-order valence-electron chi connectivity index (χ2n) is 4.67. The second kappa shape index (κ2) is 7.11. The highest BCUT2D eigenvalue weighted by atomic mass is 35.5. The fourth-order valence-corrected chi connectivity index (χ4v) is 2.25. The van der Waals surface area contributed by atoms with Gasteiger partial charge in [-0.25, -0.2) is 0 Å². The maximum Gasteiger partial charge on any atom is 0.244 e. The Bertz CT molecular complexity index is 619. The summed E-state index contributed by atoms with van der Waals surface area (Å²) in [6.45, 7) is 0.942. The number of nitrogens with zero attached hydrogens (tertiary/aromatic N) is 1. The maximum atomic E-state index is 12.0. The molecule has 2 rings (SSSR count). The maximum absolute atomic E-state index is 12.0. The summed E-state index contributed by atoms with van der Waals surface area (Å²) in [6.07, 6.45) is 1.31. The van der Waals surface area contributed by atoms with E-state index in [1.54, 1.807) is 23.1 Å². The van der Waals surface area contributed by atoms with Crippen molar-refractivity contribution in [1.29, 1.82) is 0 Å². The van der Waals surface area contributed by atoms with Crippen molar-refractivity contribution in [3.63, 3.8) is 0 Å². The first-order valence-corrected chi connectivity index (χ1v) is 7.04. The van der Waals surface area contributed by atoms with Crippen LogP contribution in [0.5, 0.6) is 0 Å². The molecule has 0 unspecified atom stereocenters. The zero-order valence-electron chi connectivity index (χ0n) is 11.5. The van der Waals surface area contributed by atoms with E-state index in [1.165, 1.54) is 0 Å². The molecule has 0 saturated carbocycles. The Kier molecular flexibility index (Phi) is 5.20. The van der Waals surface area contributed by atoms with Gasteiger partial charge in [0.25, 0.3) is 0 Å². The van der Waals surface area contributed by atoms with Crippen molar-refractivity contribution < 1.29 is 9.59 Å². The predicted octanol–water partition coefficient (Wildman–Crippen LogP) is 1.21. The Morgan fingerprint density at radius 3 is 2.95 bits per heavy atom. The van der Waals surface area contributed by atoms with Crippen LogP contribution in [0.3, 0.4) is 0 Å². The molecule has 6 heteroatoms.